The molecular weight excluding hydrogens is 326 g/mol. The van der Waals surface area contributed by atoms with Crippen LogP contribution in [0.5, 0.6) is 0 Å². The summed E-state index contributed by atoms with van der Waals surface area (Å²) in [6.07, 6.45) is 2.47. The van der Waals surface area contributed by atoms with Gasteiger partial charge in [-0.1, -0.05) is 43.7 Å². The Labute approximate surface area is 147 Å². The number of hydrogen-bond acceptors (Lipinski definition) is 2. The second kappa shape index (κ2) is 7.80. The van der Waals surface area contributed by atoms with E-state index < -0.39 is 0 Å². The van der Waals surface area contributed by atoms with Gasteiger partial charge in [-0.05, 0) is 49.1 Å². The van der Waals surface area contributed by atoms with Crippen LogP contribution < -0.4 is 5.32 Å². The normalized spacial score (nSPS) is 10.6. The highest BCUT2D eigenvalue weighted by atomic mass is 35.5. The maximum Gasteiger partial charge on any atom is 0.224 e. The molecule has 1 N–H and O–H groups in total. The van der Waals surface area contributed by atoms with E-state index in [2.05, 4.69) is 32.7 Å². The molecule has 0 atom stereocenters. The summed E-state index contributed by atoms with van der Waals surface area (Å²) in [7, 11) is 0. The second-order valence-corrected chi connectivity index (χ2v) is 7.29. The number of carbonyl (C=O) groups excluding carboxylic acids is 1. The van der Waals surface area contributed by atoms with Crippen LogP contribution in [0.3, 0.4) is 0 Å². The lowest BCUT2D eigenvalue weighted by molar-refractivity contribution is -0.116. The van der Waals surface area contributed by atoms with Gasteiger partial charge in [0.05, 0.1) is 0 Å². The van der Waals surface area contributed by atoms with Crippen LogP contribution >= 0.6 is 22.9 Å². The quantitative estimate of drug-likeness (QED) is 0.661. The Balaban J connectivity index is 2.32. The van der Waals surface area contributed by atoms with Gasteiger partial charge in [0, 0.05) is 21.9 Å². The van der Waals surface area contributed by atoms with E-state index in [1.807, 2.05) is 24.3 Å². The van der Waals surface area contributed by atoms with Crippen molar-refractivity contribution >= 4 is 39.4 Å². The fourth-order valence-corrected chi connectivity index (χ4v) is 3.63. The maximum atomic E-state index is 12.1. The minimum absolute atomic E-state index is 0.0678. The number of aryl methyl sites for hydroxylation is 1. The monoisotopic (exact) mass is 347 g/mol. The minimum Gasteiger partial charge on any atom is -0.317 e. The molecule has 4 heteroatoms. The van der Waals surface area contributed by atoms with Gasteiger partial charge in [0.2, 0.25) is 5.91 Å². The van der Waals surface area contributed by atoms with Crippen molar-refractivity contribution in [1.29, 1.82) is 0 Å². The highest BCUT2D eigenvalue weighted by Gasteiger charge is 2.18. The number of halogens is 1. The van der Waals surface area contributed by atoms with E-state index in [-0.39, 0.29) is 5.91 Å². The average Bonchev–Trinajstić information content (AvgIpc) is 2.79. The smallest absolute Gasteiger partial charge is 0.224 e. The molecule has 2 rings (SSSR count). The van der Waals surface area contributed by atoms with E-state index in [0.29, 0.717) is 11.4 Å². The molecule has 0 aliphatic carbocycles. The highest BCUT2D eigenvalue weighted by Crippen LogP contribution is 2.39. The number of unbranched alkanes of at least 4 members (excludes halogenated alkanes) is 1. The van der Waals surface area contributed by atoms with E-state index in [4.69, 9.17) is 11.6 Å². The molecule has 0 aliphatic rings. The Morgan fingerprint density at radius 3 is 2.52 bits per heavy atom. The molecule has 0 saturated carbocycles. The van der Waals surface area contributed by atoms with Gasteiger partial charge in [0.1, 0.15) is 5.00 Å². The molecule has 0 bridgehead atoms. The summed E-state index contributed by atoms with van der Waals surface area (Å²) in [5, 5.41) is 4.65. The zero-order valence-electron chi connectivity index (χ0n) is 13.8. The van der Waals surface area contributed by atoms with E-state index in [1.54, 1.807) is 11.3 Å². The first kappa shape index (κ1) is 17.8. The molecule has 0 fully saturated rings. The molecule has 1 amide bonds. The topological polar surface area (TPSA) is 29.1 Å². The summed E-state index contributed by atoms with van der Waals surface area (Å²) in [6, 6.07) is 7.63. The SMILES string of the molecule is C=C(c1ccc(Cl)cc1)c1c(NC(=O)CCCC)sc(C)c1C. The molecule has 1 aromatic heterocycles. The van der Waals surface area contributed by atoms with E-state index in [1.165, 1.54) is 10.4 Å². The molecule has 0 aliphatic heterocycles. The number of carbonyl (C=O) groups is 1. The third-order valence-corrected chi connectivity index (χ3v) is 5.26. The van der Waals surface area contributed by atoms with Crippen LogP contribution in [0.25, 0.3) is 5.57 Å². The van der Waals surface area contributed by atoms with Crippen molar-refractivity contribution in [1.82, 2.24) is 0 Å². The molecular formula is C19H22ClNOS. The molecule has 0 radical (unpaired) electrons. The van der Waals surface area contributed by atoms with Crippen molar-refractivity contribution < 1.29 is 4.79 Å². The summed E-state index contributed by atoms with van der Waals surface area (Å²) in [5.41, 5.74) is 4.12. The summed E-state index contributed by atoms with van der Waals surface area (Å²) >= 11 is 7.57. The molecule has 23 heavy (non-hydrogen) atoms. The predicted octanol–water partition coefficient (Wildman–Crippen LogP) is 6.21. The first-order valence-corrected chi connectivity index (χ1v) is 8.98. The van der Waals surface area contributed by atoms with E-state index in [0.717, 1.165) is 34.5 Å². The molecule has 0 unspecified atom stereocenters. The van der Waals surface area contributed by atoms with Gasteiger partial charge in [0.15, 0.2) is 0 Å². The predicted molar refractivity (Wildman–Crippen MR) is 102 cm³/mol. The molecule has 1 aromatic carbocycles. The summed E-state index contributed by atoms with van der Waals surface area (Å²) < 4.78 is 0. The van der Waals surface area contributed by atoms with Crippen LogP contribution in [0, 0.1) is 13.8 Å². The summed E-state index contributed by atoms with van der Waals surface area (Å²) in [6.45, 7) is 10.5. The van der Waals surface area contributed by atoms with Crippen LogP contribution in [0.1, 0.15) is 47.8 Å². The Morgan fingerprint density at radius 2 is 1.91 bits per heavy atom. The molecule has 2 nitrogen and oxygen atoms in total. The highest BCUT2D eigenvalue weighted by molar-refractivity contribution is 7.16. The number of anilines is 1. The van der Waals surface area contributed by atoms with Gasteiger partial charge < -0.3 is 5.32 Å². The van der Waals surface area contributed by atoms with Gasteiger partial charge in [-0.3, -0.25) is 4.79 Å². The lowest BCUT2D eigenvalue weighted by Gasteiger charge is -2.11. The van der Waals surface area contributed by atoms with E-state index >= 15 is 0 Å². The number of rotatable bonds is 6. The Morgan fingerprint density at radius 1 is 1.26 bits per heavy atom. The number of nitrogens with one attached hydrogen (secondary N) is 1. The minimum atomic E-state index is 0.0678. The number of amides is 1. The third kappa shape index (κ3) is 4.24. The van der Waals surface area contributed by atoms with Gasteiger partial charge in [-0.25, -0.2) is 0 Å². The summed E-state index contributed by atoms with van der Waals surface area (Å²) in [4.78, 5) is 13.3. The van der Waals surface area contributed by atoms with Gasteiger partial charge >= 0.3 is 0 Å². The van der Waals surface area contributed by atoms with Gasteiger partial charge in [-0.2, -0.15) is 0 Å². The van der Waals surface area contributed by atoms with Crippen LogP contribution in [-0.2, 0) is 4.79 Å². The zero-order chi connectivity index (χ0) is 17.0. The fraction of sp³-hybridized carbons (Fsp3) is 0.316. The molecule has 2 aromatic rings. The zero-order valence-corrected chi connectivity index (χ0v) is 15.4. The van der Waals surface area contributed by atoms with Crippen molar-refractivity contribution in [2.45, 2.75) is 40.0 Å². The number of benzene rings is 1. The molecule has 0 saturated heterocycles. The number of hydrogen-bond donors (Lipinski definition) is 1. The van der Waals surface area contributed by atoms with Crippen LogP contribution in [0.2, 0.25) is 5.02 Å². The second-order valence-electron chi connectivity index (χ2n) is 5.62. The lowest BCUT2D eigenvalue weighted by atomic mass is 9.97. The Kier molecular flexibility index (Phi) is 6.03. The molecule has 1 heterocycles. The fourth-order valence-electron chi connectivity index (χ4n) is 2.40. The number of thiophene rings is 1. The van der Waals surface area contributed by atoms with Crippen molar-refractivity contribution in [3.05, 3.63) is 57.4 Å². The van der Waals surface area contributed by atoms with Gasteiger partial charge in [-0.15, -0.1) is 11.3 Å². The van der Waals surface area contributed by atoms with Crippen LogP contribution in [-0.4, -0.2) is 5.91 Å². The molecule has 122 valence electrons. The maximum absolute atomic E-state index is 12.1. The lowest BCUT2D eigenvalue weighted by Crippen LogP contribution is -2.11. The average molecular weight is 348 g/mol. The van der Waals surface area contributed by atoms with Crippen molar-refractivity contribution in [3.8, 4) is 0 Å². The van der Waals surface area contributed by atoms with E-state index in [9.17, 15) is 4.79 Å². The van der Waals surface area contributed by atoms with Crippen molar-refractivity contribution in [2.75, 3.05) is 5.32 Å². The summed E-state index contributed by atoms with van der Waals surface area (Å²) in [5.74, 6) is 0.0678. The van der Waals surface area contributed by atoms with Crippen molar-refractivity contribution in [3.63, 3.8) is 0 Å². The van der Waals surface area contributed by atoms with Crippen LogP contribution in [0.15, 0.2) is 30.8 Å². The standard InChI is InChI=1S/C19H22ClNOS/c1-5-6-7-17(22)21-19-18(12(2)14(4)23-19)13(3)15-8-10-16(20)11-9-15/h8-11H,3,5-7H2,1-2,4H3,(H,21,22). The Hall–Kier alpha value is -1.58. The van der Waals surface area contributed by atoms with Crippen LogP contribution in [0.4, 0.5) is 5.00 Å². The first-order valence-electron chi connectivity index (χ1n) is 7.79. The largest absolute Gasteiger partial charge is 0.317 e. The third-order valence-electron chi connectivity index (χ3n) is 3.89. The first-order chi connectivity index (χ1) is 10.9. The van der Waals surface area contributed by atoms with Crippen molar-refractivity contribution in [2.24, 2.45) is 0 Å². The molecule has 0 spiro atoms. The van der Waals surface area contributed by atoms with Gasteiger partial charge in [0.25, 0.3) is 0 Å². The Bertz CT molecular complexity index is 716.